The van der Waals surface area contributed by atoms with Gasteiger partial charge in [-0.05, 0) is 34.7 Å². The van der Waals surface area contributed by atoms with Gasteiger partial charge in [0.2, 0.25) is 0 Å². The van der Waals surface area contributed by atoms with Crippen LogP contribution in [0.2, 0.25) is 0 Å². The number of ketones is 1. The number of carbonyl (C=O) groups excluding carboxylic acids is 1. The maximum Gasteiger partial charge on any atom is 0.181 e. The summed E-state index contributed by atoms with van der Waals surface area (Å²) in [7, 11) is 0. The second-order valence-electron chi connectivity index (χ2n) is 3.06. The first-order valence-electron chi connectivity index (χ1n) is 4.36. The topological polar surface area (TPSA) is 47.8 Å². The Morgan fingerprint density at radius 1 is 1.40 bits per heavy atom. The van der Waals surface area contributed by atoms with Crippen LogP contribution in [-0.2, 0) is 0 Å². The van der Waals surface area contributed by atoms with Crippen LogP contribution in [0.5, 0.6) is 0 Å². The molecule has 1 aromatic heterocycles. The van der Waals surface area contributed by atoms with Crippen LogP contribution in [0.25, 0.3) is 5.69 Å². The van der Waals surface area contributed by atoms with Crippen LogP contribution in [0.4, 0.5) is 0 Å². The molecule has 76 valence electrons. The lowest BCUT2D eigenvalue weighted by Crippen LogP contribution is -1.97. The van der Waals surface area contributed by atoms with Crippen LogP contribution in [-0.4, -0.2) is 20.8 Å². The van der Waals surface area contributed by atoms with Crippen molar-refractivity contribution in [2.75, 3.05) is 0 Å². The van der Waals surface area contributed by atoms with Crippen LogP contribution in [0.15, 0.2) is 30.5 Å². The molecule has 0 aliphatic carbocycles. The molecule has 15 heavy (non-hydrogen) atoms. The van der Waals surface area contributed by atoms with Crippen molar-refractivity contribution >= 4 is 28.4 Å². The summed E-state index contributed by atoms with van der Waals surface area (Å²) in [6, 6.07) is 7.78. The van der Waals surface area contributed by atoms with Gasteiger partial charge in [0.15, 0.2) is 5.78 Å². The van der Waals surface area contributed by atoms with Gasteiger partial charge in [-0.2, -0.15) is 0 Å². The number of hydrogen-bond donors (Lipinski definition) is 0. The quantitative estimate of drug-likeness (QED) is 0.630. The SMILES string of the molecule is CC(=O)c1cn(-c2ccccc2I)nn1. The molecule has 0 atom stereocenters. The van der Waals surface area contributed by atoms with Crippen LogP contribution in [0.1, 0.15) is 17.4 Å². The minimum Gasteiger partial charge on any atom is -0.293 e. The van der Waals surface area contributed by atoms with Gasteiger partial charge in [-0.1, -0.05) is 17.3 Å². The zero-order valence-corrected chi connectivity index (χ0v) is 10.2. The highest BCUT2D eigenvalue weighted by Gasteiger charge is 2.07. The molecule has 0 amide bonds. The number of Topliss-reactive ketones (excluding diaryl/α,β-unsaturated/α-hetero) is 1. The fraction of sp³-hybridized carbons (Fsp3) is 0.100. The third-order valence-corrected chi connectivity index (χ3v) is 2.87. The normalized spacial score (nSPS) is 10.3. The molecule has 5 heteroatoms. The number of rotatable bonds is 2. The number of carbonyl (C=O) groups is 1. The summed E-state index contributed by atoms with van der Waals surface area (Å²) in [5, 5.41) is 7.70. The average molecular weight is 313 g/mol. The van der Waals surface area contributed by atoms with Gasteiger partial charge in [0, 0.05) is 10.5 Å². The molecule has 2 rings (SSSR count). The summed E-state index contributed by atoms with van der Waals surface area (Å²) >= 11 is 2.22. The van der Waals surface area contributed by atoms with Crippen molar-refractivity contribution in [2.24, 2.45) is 0 Å². The Labute approximate surface area is 100 Å². The van der Waals surface area contributed by atoms with Gasteiger partial charge in [0.05, 0.1) is 11.9 Å². The van der Waals surface area contributed by atoms with Crippen molar-refractivity contribution in [1.29, 1.82) is 0 Å². The molecule has 0 radical (unpaired) electrons. The molecule has 0 fully saturated rings. The summed E-state index contributed by atoms with van der Waals surface area (Å²) < 4.78 is 2.67. The molecule has 0 aliphatic rings. The van der Waals surface area contributed by atoms with E-state index in [1.807, 2.05) is 24.3 Å². The van der Waals surface area contributed by atoms with Gasteiger partial charge in [-0.25, -0.2) is 4.68 Å². The predicted octanol–water partition coefficient (Wildman–Crippen LogP) is 2.07. The molecule has 0 spiro atoms. The highest BCUT2D eigenvalue weighted by Crippen LogP contribution is 2.15. The van der Waals surface area contributed by atoms with E-state index in [1.54, 1.807) is 10.9 Å². The second kappa shape index (κ2) is 4.09. The Morgan fingerprint density at radius 2 is 2.13 bits per heavy atom. The minimum absolute atomic E-state index is 0.0767. The summed E-state index contributed by atoms with van der Waals surface area (Å²) in [6.45, 7) is 1.48. The largest absolute Gasteiger partial charge is 0.293 e. The fourth-order valence-electron chi connectivity index (χ4n) is 1.18. The Hall–Kier alpha value is -1.24. The predicted molar refractivity (Wildman–Crippen MR) is 64.1 cm³/mol. The van der Waals surface area contributed by atoms with E-state index < -0.39 is 0 Å². The number of para-hydroxylation sites is 1. The molecular formula is C10H8IN3O. The number of hydrogen-bond acceptors (Lipinski definition) is 3. The molecular weight excluding hydrogens is 305 g/mol. The second-order valence-corrected chi connectivity index (χ2v) is 4.22. The van der Waals surface area contributed by atoms with E-state index in [9.17, 15) is 4.79 Å². The van der Waals surface area contributed by atoms with Crippen molar-refractivity contribution < 1.29 is 4.79 Å². The number of benzene rings is 1. The van der Waals surface area contributed by atoms with Crippen LogP contribution < -0.4 is 0 Å². The monoisotopic (exact) mass is 313 g/mol. The lowest BCUT2D eigenvalue weighted by Gasteiger charge is -2.01. The zero-order valence-electron chi connectivity index (χ0n) is 8.01. The molecule has 1 heterocycles. The van der Waals surface area contributed by atoms with E-state index in [-0.39, 0.29) is 5.78 Å². The Bertz CT molecular complexity index is 507. The number of halogens is 1. The first-order valence-corrected chi connectivity index (χ1v) is 5.44. The zero-order chi connectivity index (χ0) is 10.8. The molecule has 1 aromatic carbocycles. The number of aromatic nitrogens is 3. The van der Waals surface area contributed by atoms with Crippen molar-refractivity contribution in [3.05, 3.63) is 39.7 Å². The van der Waals surface area contributed by atoms with Gasteiger partial charge in [-0.3, -0.25) is 4.79 Å². The molecule has 0 unspecified atom stereocenters. The van der Waals surface area contributed by atoms with E-state index in [2.05, 4.69) is 32.9 Å². The van der Waals surface area contributed by atoms with E-state index >= 15 is 0 Å². The van der Waals surface area contributed by atoms with Crippen molar-refractivity contribution in [3.8, 4) is 5.69 Å². The summed E-state index contributed by atoms with van der Waals surface area (Å²) in [5.74, 6) is -0.0767. The van der Waals surface area contributed by atoms with E-state index in [4.69, 9.17) is 0 Å². The first-order chi connectivity index (χ1) is 7.18. The Kier molecular flexibility index (Phi) is 2.81. The molecule has 0 N–H and O–H groups in total. The third kappa shape index (κ3) is 2.06. The smallest absolute Gasteiger partial charge is 0.181 e. The molecule has 2 aromatic rings. The van der Waals surface area contributed by atoms with Crippen LogP contribution >= 0.6 is 22.6 Å². The van der Waals surface area contributed by atoms with Crippen molar-refractivity contribution in [2.45, 2.75) is 6.92 Å². The van der Waals surface area contributed by atoms with Gasteiger partial charge in [0.1, 0.15) is 5.69 Å². The standard InChI is InChI=1S/C10H8IN3O/c1-7(15)9-6-14(13-12-9)10-5-3-2-4-8(10)11/h2-6H,1H3. The van der Waals surface area contributed by atoms with E-state index in [1.165, 1.54) is 6.92 Å². The summed E-state index contributed by atoms with van der Waals surface area (Å²) in [4.78, 5) is 11.1. The fourth-order valence-corrected chi connectivity index (χ4v) is 1.81. The van der Waals surface area contributed by atoms with Crippen LogP contribution in [0.3, 0.4) is 0 Å². The molecule has 0 saturated heterocycles. The first kappa shape index (κ1) is 10.3. The minimum atomic E-state index is -0.0767. The lowest BCUT2D eigenvalue weighted by molar-refractivity contribution is 0.101. The number of nitrogens with zero attached hydrogens (tertiary/aromatic N) is 3. The molecule has 4 nitrogen and oxygen atoms in total. The average Bonchev–Trinajstić information content (AvgIpc) is 2.67. The van der Waals surface area contributed by atoms with Crippen LogP contribution in [0, 0.1) is 3.57 Å². The highest BCUT2D eigenvalue weighted by atomic mass is 127. The summed E-state index contributed by atoms with van der Waals surface area (Å²) in [5.41, 5.74) is 1.31. The van der Waals surface area contributed by atoms with Gasteiger partial charge >= 0.3 is 0 Å². The van der Waals surface area contributed by atoms with Crippen molar-refractivity contribution in [3.63, 3.8) is 0 Å². The summed E-state index contributed by atoms with van der Waals surface area (Å²) in [6.07, 6.45) is 1.64. The highest BCUT2D eigenvalue weighted by molar-refractivity contribution is 14.1. The maximum atomic E-state index is 11.1. The molecule has 0 aliphatic heterocycles. The maximum absolute atomic E-state index is 11.1. The van der Waals surface area contributed by atoms with E-state index in [0.717, 1.165) is 9.26 Å². The lowest BCUT2D eigenvalue weighted by atomic mass is 10.3. The van der Waals surface area contributed by atoms with Gasteiger partial charge in [0.25, 0.3) is 0 Å². The van der Waals surface area contributed by atoms with Gasteiger partial charge < -0.3 is 0 Å². The molecule has 0 saturated carbocycles. The Morgan fingerprint density at radius 3 is 2.73 bits per heavy atom. The third-order valence-electron chi connectivity index (χ3n) is 1.95. The van der Waals surface area contributed by atoms with Gasteiger partial charge in [-0.15, -0.1) is 5.10 Å². The molecule has 0 bridgehead atoms. The van der Waals surface area contributed by atoms with E-state index in [0.29, 0.717) is 5.69 Å². The van der Waals surface area contributed by atoms with Crippen molar-refractivity contribution in [1.82, 2.24) is 15.0 Å². The Balaban J connectivity index is 2.46.